The number of nitrogens with zero attached hydrogens (tertiary/aromatic N) is 2. The monoisotopic (exact) mass is 373 g/mol. The highest BCUT2D eigenvalue weighted by molar-refractivity contribution is 6.07. The van der Waals surface area contributed by atoms with Crippen LogP contribution < -0.4 is 5.32 Å². The summed E-state index contributed by atoms with van der Waals surface area (Å²) in [7, 11) is 1.34. The predicted molar refractivity (Wildman–Crippen MR) is 97.5 cm³/mol. The van der Waals surface area contributed by atoms with Gasteiger partial charge in [0, 0.05) is 24.5 Å². The summed E-state index contributed by atoms with van der Waals surface area (Å²) in [5.74, 6) is -0.855. The van der Waals surface area contributed by atoms with E-state index >= 15 is 0 Å². The van der Waals surface area contributed by atoms with Gasteiger partial charge in [-0.15, -0.1) is 0 Å². The topological polar surface area (TPSA) is 46.9 Å². The fraction of sp³-hybridized carbons (Fsp3) is 0.200. The SMILES string of the molecule is Cc1ccc(-c2ccccc2NC(=O)c2cn(C)nc2C(F)(F)F)cc1C. The van der Waals surface area contributed by atoms with Crippen molar-refractivity contribution in [3.8, 4) is 11.1 Å². The number of hydrogen-bond donors (Lipinski definition) is 1. The molecule has 0 aliphatic carbocycles. The summed E-state index contributed by atoms with van der Waals surface area (Å²) < 4.78 is 40.4. The quantitative estimate of drug-likeness (QED) is 0.704. The highest BCUT2D eigenvalue weighted by Crippen LogP contribution is 2.33. The van der Waals surface area contributed by atoms with Gasteiger partial charge in [-0.2, -0.15) is 18.3 Å². The van der Waals surface area contributed by atoms with E-state index in [-0.39, 0.29) is 0 Å². The van der Waals surface area contributed by atoms with E-state index in [1.54, 1.807) is 12.1 Å². The Labute approximate surface area is 154 Å². The lowest BCUT2D eigenvalue weighted by atomic mass is 9.99. The van der Waals surface area contributed by atoms with Crippen LogP contribution in [0, 0.1) is 13.8 Å². The molecule has 1 N–H and O–H groups in total. The molecule has 0 aliphatic rings. The Bertz CT molecular complexity index is 1010. The molecule has 3 rings (SSSR count). The third-order valence-electron chi connectivity index (χ3n) is 4.34. The van der Waals surface area contributed by atoms with Gasteiger partial charge in [-0.25, -0.2) is 0 Å². The highest BCUT2D eigenvalue weighted by atomic mass is 19.4. The fourth-order valence-electron chi connectivity index (χ4n) is 2.81. The Morgan fingerprint density at radius 3 is 2.44 bits per heavy atom. The van der Waals surface area contributed by atoms with Gasteiger partial charge in [0.25, 0.3) is 5.91 Å². The number of rotatable bonds is 3. The number of halogens is 3. The van der Waals surface area contributed by atoms with Gasteiger partial charge in [0.2, 0.25) is 0 Å². The standard InChI is InChI=1S/C20H18F3N3O/c1-12-8-9-14(10-13(12)2)15-6-4-5-7-17(15)24-19(27)16-11-26(3)25-18(16)20(21,22)23/h4-11H,1-3H3,(H,24,27). The lowest BCUT2D eigenvalue weighted by molar-refractivity contribution is -0.141. The maximum atomic E-state index is 13.1. The molecule has 0 spiro atoms. The van der Waals surface area contributed by atoms with Crippen molar-refractivity contribution >= 4 is 11.6 Å². The molecule has 7 heteroatoms. The predicted octanol–water partition coefficient (Wildman–Crippen LogP) is 4.98. The number of carbonyl (C=O) groups excluding carboxylic acids is 1. The Balaban J connectivity index is 1.98. The van der Waals surface area contributed by atoms with Gasteiger partial charge in [0.1, 0.15) is 0 Å². The number of aromatic nitrogens is 2. The van der Waals surface area contributed by atoms with Crippen LogP contribution in [-0.4, -0.2) is 15.7 Å². The summed E-state index contributed by atoms with van der Waals surface area (Å²) in [6.45, 7) is 3.97. The molecule has 1 aromatic heterocycles. The zero-order chi connectivity index (χ0) is 19.8. The van der Waals surface area contributed by atoms with Crippen molar-refractivity contribution in [1.29, 1.82) is 0 Å². The van der Waals surface area contributed by atoms with E-state index in [9.17, 15) is 18.0 Å². The van der Waals surface area contributed by atoms with Crippen LogP contribution in [0.5, 0.6) is 0 Å². The second kappa shape index (κ2) is 6.90. The van der Waals surface area contributed by atoms with Crippen LogP contribution in [0.3, 0.4) is 0 Å². The summed E-state index contributed by atoms with van der Waals surface area (Å²) in [5, 5.41) is 5.97. The van der Waals surface area contributed by atoms with Crippen LogP contribution in [-0.2, 0) is 13.2 Å². The molecule has 2 aromatic carbocycles. The number of nitrogens with one attached hydrogen (secondary N) is 1. The van der Waals surface area contributed by atoms with E-state index in [0.717, 1.165) is 33.1 Å². The van der Waals surface area contributed by atoms with Crippen LogP contribution >= 0.6 is 0 Å². The maximum Gasteiger partial charge on any atom is 0.435 e. The number of aryl methyl sites for hydroxylation is 3. The van der Waals surface area contributed by atoms with Crippen molar-refractivity contribution < 1.29 is 18.0 Å². The Kier molecular flexibility index (Phi) is 4.78. The molecule has 0 bridgehead atoms. The molecule has 0 radical (unpaired) electrons. The minimum Gasteiger partial charge on any atom is -0.321 e. The van der Waals surface area contributed by atoms with Crippen LogP contribution in [0.2, 0.25) is 0 Å². The number of hydrogen-bond acceptors (Lipinski definition) is 2. The summed E-state index contributed by atoms with van der Waals surface area (Å²) in [6, 6.07) is 12.9. The molecule has 0 fully saturated rings. The van der Waals surface area contributed by atoms with Crippen LogP contribution in [0.4, 0.5) is 18.9 Å². The Morgan fingerprint density at radius 2 is 1.78 bits per heavy atom. The average molecular weight is 373 g/mol. The van der Waals surface area contributed by atoms with Gasteiger partial charge in [-0.05, 0) is 36.6 Å². The first-order valence-electron chi connectivity index (χ1n) is 8.25. The summed E-state index contributed by atoms with van der Waals surface area (Å²) >= 11 is 0. The Hall–Kier alpha value is -3.09. The minimum absolute atomic E-state index is 0.433. The summed E-state index contributed by atoms with van der Waals surface area (Å²) in [5.41, 5.74) is 2.53. The third kappa shape index (κ3) is 3.86. The van der Waals surface area contributed by atoms with Crippen molar-refractivity contribution in [3.63, 3.8) is 0 Å². The van der Waals surface area contributed by atoms with Crippen molar-refractivity contribution in [2.75, 3.05) is 5.32 Å². The van der Waals surface area contributed by atoms with Gasteiger partial charge in [-0.3, -0.25) is 9.48 Å². The van der Waals surface area contributed by atoms with Crippen LogP contribution in [0.25, 0.3) is 11.1 Å². The second-order valence-electron chi connectivity index (χ2n) is 6.36. The molecule has 1 amide bonds. The number of amides is 1. The van der Waals surface area contributed by atoms with Gasteiger partial charge in [0.15, 0.2) is 5.69 Å². The van der Waals surface area contributed by atoms with Gasteiger partial charge in [0.05, 0.1) is 5.56 Å². The van der Waals surface area contributed by atoms with E-state index in [1.165, 1.54) is 7.05 Å². The lowest BCUT2D eigenvalue weighted by Crippen LogP contribution is -2.18. The van der Waals surface area contributed by atoms with E-state index in [2.05, 4.69) is 10.4 Å². The fourth-order valence-corrected chi connectivity index (χ4v) is 2.81. The molecule has 3 aromatic rings. The van der Waals surface area contributed by atoms with Crippen molar-refractivity contribution in [3.05, 3.63) is 71.0 Å². The molecule has 0 aliphatic heterocycles. The maximum absolute atomic E-state index is 13.1. The van der Waals surface area contributed by atoms with Gasteiger partial charge in [-0.1, -0.05) is 36.4 Å². The largest absolute Gasteiger partial charge is 0.435 e. The normalized spacial score (nSPS) is 11.5. The number of carbonyl (C=O) groups is 1. The number of alkyl halides is 3. The summed E-state index contributed by atoms with van der Waals surface area (Å²) in [4.78, 5) is 12.5. The molecule has 0 saturated carbocycles. The first-order valence-corrected chi connectivity index (χ1v) is 8.25. The second-order valence-corrected chi connectivity index (χ2v) is 6.36. The third-order valence-corrected chi connectivity index (χ3v) is 4.34. The van der Waals surface area contributed by atoms with E-state index in [1.807, 2.05) is 44.2 Å². The van der Waals surface area contributed by atoms with Gasteiger partial charge >= 0.3 is 6.18 Å². The smallest absolute Gasteiger partial charge is 0.321 e. The molecule has 0 unspecified atom stereocenters. The molecule has 140 valence electrons. The molecular weight excluding hydrogens is 355 g/mol. The van der Waals surface area contributed by atoms with Crippen LogP contribution in [0.15, 0.2) is 48.7 Å². The zero-order valence-electron chi connectivity index (χ0n) is 15.1. The molecule has 0 atom stereocenters. The molecule has 0 saturated heterocycles. The van der Waals surface area contributed by atoms with E-state index < -0.39 is 23.3 Å². The summed E-state index contributed by atoms with van der Waals surface area (Å²) in [6.07, 6.45) is -3.64. The van der Waals surface area contributed by atoms with Crippen molar-refractivity contribution in [2.45, 2.75) is 20.0 Å². The van der Waals surface area contributed by atoms with Crippen molar-refractivity contribution in [1.82, 2.24) is 9.78 Å². The Morgan fingerprint density at radius 1 is 1.07 bits per heavy atom. The van der Waals surface area contributed by atoms with E-state index in [0.29, 0.717) is 5.69 Å². The average Bonchev–Trinajstić information content (AvgIpc) is 3.00. The molecule has 27 heavy (non-hydrogen) atoms. The number of benzene rings is 2. The van der Waals surface area contributed by atoms with Crippen molar-refractivity contribution in [2.24, 2.45) is 7.05 Å². The molecular formula is C20H18F3N3O. The first kappa shape index (κ1) is 18.7. The van der Waals surface area contributed by atoms with Crippen LogP contribution in [0.1, 0.15) is 27.2 Å². The minimum atomic E-state index is -4.71. The lowest BCUT2D eigenvalue weighted by Gasteiger charge is -2.13. The zero-order valence-corrected chi connectivity index (χ0v) is 15.1. The molecule has 4 nitrogen and oxygen atoms in total. The van der Waals surface area contributed by atoms with Gasteiger partial charge < -0.3 is 5.32 Å². The number of anilines is 1. The molecule has 1 heterocycles. The van der Waals surface area contributed by atoms with E-state index in [4.69, 9.17) is 0 Å². The number of para-hydroxylation sites is 1. The first-order chi connectivity index (χ1) is 12.7. The highest BCUT2D eigenvalue weighted by Gasteiger charge is 2.39.